The van der Waals surface area contributed by atoms with E-state index in [1.54, 1.807) is 7.11 Å². The molecule has 0 spiro atoms. The molecule has 2 aromatic rings. The van der Waals surface area contributed by atoms with Gasteiger partial charge in [0.2, 0.25) is 0 Å². The van der Waals surface area contributed by atoms with Crippen LogP contribution in [0.15, 0.2) is 48.5 Å². The molecule has 0 radical (unpaired) electrons. The molecule has 1 atom stereocenters. The van der Waals surface area contributed by atoms with Crippen LogP contribution in [0.3, 0.4) is 0 Å². The first-order valence-corrected chi connectivity index (χ1v) is 8.48. The molecule has 3 rings (SSSR count). The van der Waals surface area contributed by atoms with E-state index in [-0.39, 0.29) is 12.0 Å². The maximum Gasteiger partial charge on any atom is 0.337 e. The van der Waals surface area contributed by atoms with Gasteiger partial charge in [-0.15, -0.1) is 0 Å². The summed E-state index contributed by atoms with van der Waals surface area (Å²) in [6.45, 7) is 3.64. The van der Waals surface area contributed by atoms with Crippen LogP contribution < -0.4 is 10.1 Å². The third kappa shape index (κ3) is 4.00. The maximum atomic E-state index is 11.6. The van der Waals surface area contributed by atoms with E-state index < -0.39 is 0 Å². The number of nitrogens with one attached hydrogen (secondary N) is 1. The van der Waals surface area contributed by atoms with Crippen molar-refractivity contribution in [3.8, 4) is 5.75 Å². The third-order valence-electron chi connectivity index (χ3n) is 4.61. The van der Waals surface area contributed by atoms with E-state index in [2.05, 4.69) is 22.3 Å². The minimum absolute atomic E-state index is 0.255. The topological polar surface area (TPSA) is 50.8 Å². The smallest absolute Gasteiger partial charge is 0.337 e. The van der Waals surface area contributed by atoms with Gasteiger partial charge in [-0.3, -0.25) is 4.90 Å². The Morgan fingerprint density at radius 2 is 1.92 bits per heavy atom. The van der Waals surface area contributed by atoms with Crippen molar-refractivity contribution in [1.29, 1.82) is 0 Å². The van der Waals surface area contributed by atoms with Crippen molar-refractivity contribution >= 4 is 5.97 Å². The van der Waals surface area contributed by atoms with Gasteiger partial charge in [0.05, 0.1) is 25.8 Å². The molecule has 1 N–H and O–H groups in total. The van der Waals surface area contributed by atoms with Crippen molar-refractivity contribution < 1.29 is 14.3 Å². The predicted molar refractivity (Wildman–Crippen MR) is 96.8 cm³/mol. The lowest BCUT2D eigenvalue weighted by atomic mass is 10.0. The number of rotatable bonds is 5. The molecule has 1 heterocycles. The molecule has 25 heavy (non-hydrogen) atoms. The molecule has 1 unspecified atom stereocenters. The lowest BCUT2D eigenvalue weighted by molar-refractivity contribution is 0.0600. The highest BCUT2D eigenvalue weighted by Gasteiger charge is 2.26. The first-order chi connectivity index (χ1) is 12.2. The first kappa shape index (κ1) is 17.5. The molecule has 5 heteroatoms. The largest absolute Gasteiger partial charge is 0.496 e. The minimum Gasteiger partial charge on any atom is -0.496 e. The van der Waals surface area contributed by atoms with Gasteiger partial charge in [0.15, 0.2) is 0 Å². The highest BCUT2D eigenvalue weighted by Crippen LogP contribution is 2.31. The van der Waals surface area contributed by atoms with E-state index in [1.807, 2.05) is 36.4 Å². The number of hydrogen-bond donors (Lipinski definition) is 1. The summed E-state index contributed by atoms with van der Waals surface area (Å²) in [5.41, 5.74) is 2.95. The first-order valence-electron chi connectivity index (χ1n) is 8.48. The van der Waals surface area contributed by atoms with Gasteiger partial charge in [0.25, 0.3) is 0 Å². The SMILES string of the molecule is COC(=O)c1ccc(CN2CCNCC2c2ccccc2OC)cc1. The second kappa shape index (κ2) is 8.14. The maximum absolute atomic E-state index is 11.6. The zero-order valence-corrected chi connectivity index (χ0v) is 14.7. The Labute approximate surface area is 148 Å². The van der Waals surface area contributed by atoms with Crippen LogP contribution in [0.1, 0.15) is 27.5 Å². The molecule has 0 saturated carbocycles. The molecule has 0 aliphatic carbocycles. The molecule has 0 amide bonds. The van der Waals surface area contributed by atoms with Crippen LogP contribution in [0.4, 0.5) is 0 Å². The summed E-state index contributed by atoms with van der Waals surface area (Å²) >= 11 is 0. The van der Waals surface area contributed by atoms with Crippen molar-refractivity contribution in [2.24, 2.45) is 0 Å². The average Bonchev–Trinajstić information content (AvgIpc) is 2.68. The van der Waals surface area contributed by atoms with Crippen LogP contribution in [0.2, 0.25) is 0 Å². The van der Waals surface area contributed by atoms with E-state index in [4.69, 9.17) is 9.47 Å². The number of piperazine rings is 1. The van der Waals surface area contributed by atoms with Gasteiger partial charge in [-0.2, -0.15) is 0 Å². The zero-order chi connectivity index (χ0) is 17.6. The minimum atomic E-state index is -0.305. The van der Waals surface area contributed by atoms with Gasteiger partial charge in [0.1, 0.15) is 5.75 Å². The van der Waals surface area contributed by atoms with Crippen LogP contribution in [0.25, 0.3) is 0 Å². The molecule has 5 nitrogen and oxygen atoms in total. The molecule has 132 valence electrons. The summed E-state index contributed by atoms with van der Waals surface area (Å²) in [5.74, 6) is 0.614. The monoisotopic (exact) mass is 340 g/mol. The molecule has 1 aliphatic heterocycles. The number of ether oxygens (including phenoxy) is 2. The molecule has 2 aromatic carbocycles. The summed E-state index contributed by atoms with van der Waals surface area (Å²) in [6.07, 6.45) is 0. The second-order valence-electron chi connectivity index (χ2n) is 6.12. The molecule has 0 aromatic heterocycles. The Morgan fingerprint density at radius 3 is 2.64 bits per heavy atom. The molecular weight excluding hydrogens is 316 g/mol. The van der Waals surface area contributed by atoms with Crippen LogP contribution in [0, 0.1) is 0 Å². The molecule has 1 fully saturated rings. The van der Waals surface area contributed by atoms with Gasteiger partial charge >= 0.3 is 5.97 Å². The summed E-state index contributed by atoms with van der Waals surface area (Å²) in [7, 11) is 3.11. The van der Waals surface area contributed by atoms with E-state index in [1.165, 1.54) is 18.2 Å². The van der Waals surface area contributed by atoms with E-state index in [0.717, 1.165) is 31.9 Å². The van der Waals surface area contributed by atoms with E-state index in [9.17, 15) is 4.79 Å². The van der Waals surface area contributed by atoms with Gasteiger partial charge in [0, 0.05) is 31.7 Å². The highest BCUT2D eigenvalue weighted by atomic mass is 16.5. The standard InChI is InChI=1S/C20H24N2O3/c1-24-19-6-4-3-5-17(19)18-13-21-11-12-22(18)14-15-7-9-16(10-8-15)20(23)25-2/h3-10,18,21H,11-14H2,1-2H3. The number of carbonyl (C=O) groups excluding carboxylic acids is 1. The summed E-state index contributed by atoms with van der Waals surface area (Å²) in [5, 5.41) is 3.47. The number of nitrogens with zero attached hydrogens (tertiary/aromatic N) is 1. The van der Waals surface area contributed by atoms with Crippen molar-refractivity contribution in [2.75, 3.05) is 33.9 Å². The van der Waals surface area contributed by atoms with Gasteiger partial charge in [-0.05, 0) is 23.8 Å². The summed E-state index contributed by atoms with van der Waals surface area (Å²) in [4.78, 5) is 14.0. The van der Waals surface area contributed by atoms with E-state index >= 15 is 0 Å². The molecular formula is C20H24N2O3. The van der Waals surface area contributed by atoms with Crippen molar-refractivity contribution in [3.63, 3.8) is 0 Å². The number of esters is 1. The molecule has 0 bridgehead atoms. The normalized spacial score (nSPS) is 17.9. The van der Waals surface area contributed by atoms with E-state index in [0.29, 0.717) is 5.56 Å². The van der Waals surface area contributed by atoms with Crippen LogP contribution in [-0.4, -0.2) is 44.7 Å². The Kier molecular flexibility index (Phi) is 5.68. The lowest BCUT2D eigenvalue weighted by Crippen LogP contribution is -2.45. The van der Waals surface area contributed by atoms with Crippen molar-refractivity contribution in [1.82, 2.24) is 10.2 Å². The second-order valence-corrected chi connectivity index (χ2v) is 6.12. The van der Waals surface area contributed by atoms with Crippen molar-refractivity contribution in [2.45, 2.75) is 12.6 Å². The highest BCUT2D eigenvalue weighted by molar-refractivity contribution is 5.89. The van der Waals surface area contributed by atoms with Crippen LogP contribution in [0.5, 0.6) is 5.75 Å². The fourth-order valence-corrected chi connectivity index (χ4v) is 3.28. The van der Waals surface area contributed by atoms with Crippen LogP contribution >= 0.6 is 0 Å². The Balaban J connectivity index is 1.78. The van der Waals surface area contributed by atoms with Crippen LogP contribution in [-0.2, 0) is 11.3 Å². The quantitative estimate of drug-likeness (QED) is 0.848. The van der Waals surface area contributed by atoms with Gasteiger partial charge in [-0.25, -0.2) is 4.79 Å². The number of carbonyl (C=O) groups is 1. The fourth-order valence-electron chi connectivity index (χ4n) is 3.28. The molecule has 1 saturated heterocycles. The van der Waals surface area contributed by atoms with Crippen molar-refractivity contribution in [3.05, 3.63) is 65.2 Å². The number of benzene rings is 2. The Bertz CT molecular complexity index is 715. The lowest BCUT2D eigenvalue weighted by Gasteiger charge is -2.37. The Morgan fingerprint density at radius 1 is 1.16 bits per heavy atom. The Hall–Kier alpha value is -2.37. The number of methoxy groups -OCH3 is 2. The predicted octanol–water partition coefficient (Wildman–Crippen LogP) is 2.63. The summed E-state index contributed by atoms with van der Waals surface area (Å²) in [6, 6.07) is 16.1. The van der Waals surface area contributed by atoms with Gasteiger partial charge < -0.3 is 14.8 Å². The molecule has 1 aliphatic rings. The van der Waals surface area contributed by atoms with Gasteiger partial charge in [-0.1, -0.05) is 30.3 Å². The number of para-hydroxylation sites is 1. The zero-order valence-electron chi connectivity index (χ0n) is 14.7. The number of hydrogen-bond acceptors (Lipinski definition) is 5. The third-order valence-corrected chi connectivity index (χ3v) is 4.61. The fraction of sp³-hybridized carbons (Fsp3) is 0.350. The summed E-state index contributed by atoms with van der Waals surface area (Å²) < 4.78 is 10.3. The average molecular weight is 340 g/mol.